The van der Waals surface area contributed by atoms with Crippen LogP contribution in [0.3, 0.4) is 0 Å². The number of nitro benzene ring substituents is 1. The molecule has 1 aliphatic heterocycles. The van der Waals surface area contributed by atoms with Crippen molar-refractivity contribution in [3.8, 4) is 0 Å². The van der Waals surface area contributed by atoms with Gasteiger partial charge < -0.3 is 10.6 Å². The molecule has 0 aliphatic carbocycles. The van der Waals surface area contributed by atoms with Gasteiger partial charge in [-0.2, -0.15) is 0 Å². The molecule has 1 heterocycles. The summed E-state index contributed by atoms with van der Waals surface area (Å²) in [6.45, 7) is 0.638. The fourth-order valence-electron chi connectivity index (χ4n) is 2.94. The van der Waals surface area contributed by atoms with Gasteiger partial charge in [0, 0.05) is 23.9 Å². The van der Waals surface area contributed by atoms with Crippen LogP contribution in [-0.2, 0) is 15.1 Å². The molecule has 11 heteroatoms. The minimum absolute atomic E-state index is 0.167. The monoisotopic (exact) mass is 404 g/mol. The predicted molar refractivity (Wildman–Crippen MR) is 95.7 cm³/mol. The second kappa shape index (κ2) is 7.26. The van der Waals surface area contributed by atoms with Gasteiger partial charge in [0.15, 0.2) is 0 Å². The van der Waals surface area contributed by atoms with Crippen molar-refractivity contribution in [1.29, 1.82) is 0 Å². The molecule has 150 valence electrons. The summed E-state index contributed by atoms with van der Waals surface area (Å²) in [5.41, 5.74) is -1.90. The fourth-order valence-corrected chi connectivity index (χ4v) is 2.94. The molecule has 1 saturated heterocycles. The molecule has 0 spiro atoms. The first kappa shape index (κ1) is 19.9. The Morgan fingerprint density at radius 2 is 1.86 bits per heavy atom. The van der Waals surface area contributed by atoms with Gasteiger partial charge in [0.25, 0.3) is 11.6 Å². The lowest BCUT2D eigenvalue weighted by atomic mass is 9.91. The molecular weight excluding hydrogens is 390 g/mol. The van der Waals surface area contributed by atoms with Gasteiger partial charge in [-0.3, -0.25) is 24.6 Å². The third-order valence-corrected chi connectivity index (χ3v) is 4.36. The van der Waals surface area contributed by atoms with Crippen LogP contribution >= 0.6 is 0 Å². The summed E-state index contributed by atoms with van der Waals surface area (Å²) in [4.78, 5) is 48.1. The van der Waals surface area contributed by atoms with Crippen LogP contribution in [0, 0.1) is 21.7 Å². The number of benzene rings is 2. The van der Waals surface area contributed by atoms with Gasteiger partial charge in [-0.1, -0.05) is 12.1 Å². The lowest BCUT2D eigenvalue weighted by Crippen LogP contribution is -2.42. The number of non-ortho nitro benzene ring substituents is 1. The second-order valence-electron chi connectivity index (χ2n) is 6.46. The third kappa shape index (κ3) is 3.88. The van der Waals surface area contributed by atoms with Crippen molar-refractivity contribution in [2.45, 2.75) is 12.5 Å². The molecule has 2 aromatic carbocycles. The van der Waals surface area contributed by atoms with Crippen LogP contribution < -0.4 is 10.6 Å². The maximum absolute atomic E-state index is 13.2. The number of amides is 4. The number of nitrogens with one attached hydrogen (secondary N) is 2. The van der Waals surface area contributed by atoms with Gasteiger partial charge in [-0.25, -0.2) is 13.6 Å². The first-order valence-electron chi connectivity index (χ1n) is 8.25. The molecule has 0 radical (unpaired) electrons. The number of hydrogen-bond acceptors (Lipinski definition) is 5. The van der Waals surface area contributed by atoms with Crippen molar-refractivity contribution in [2.24, 2.45) is 0 Å². The average molecular weight is 404 g/mol. The third-order valence-electron chi connectivity index (χ3n) is 4.36. The molecule has 0 aromatic heterocycles. The molecular formula is C18H14F2N4O5. The SMILES string of the molecule is CC1(c2cccc([N+](=O)[O-])c2)NC(=O)N(CC(=O)Nc2cc(F)cc(F)c2)C1=O. The minimum Gasteiger partial charge on any atom is -0.324 e. The summed E-state index contributed by atoms with van der Waals surface area (Å²) < 4.78 is 26.4. The Morgan fingerprint density at radius 3 is 2.48 bits per heavy atom. The molecule has 9 nitrogen and oxygen atoms in total. The molecule has 1 fully saturated rings. The first-order chi connectivity index (χ1) is 13.6. The van der Waals surface area contributed by atoms with Gasteiger partial charge in [0.1, 0.15) is 23.7 Å². The van der Waals surface area contributed by atoms with E-state index in [0.717, 1.165) is 18.2 Å². The molecule has 29 heavy (non-hydrogen) atoms. The van der Waals surface area contributed by atoms with E-state index in [1.807, 2.05) is 0 Å². The van der Waals surface area contributed by atoms with E-state index in [4.69, 9.17) is 0 Å². The maximum Gasteiger partial charge on any atom is 0.325 e. The summed E-state index contributed by atoms with van der Waals surface area (Å²) in [5, 5.41) is 15.6. The van der Waals surface area contributed by atoms with E-state index in [1.165, 1.54) is 25.1 Å². The van der Waals surface area contributed by atoms with Crippen molar-refractivity contribution < 1.29 is 28.1 Å². The van der Waals surface area contributed by atoms with E-state index >= 15 is 0 Å². The number of nitrogens with zero attached hydrogens (tertiary/aromatic N) is 2. The predicted octanol–water partition coefficient (Wildman–Crippen LogP) is 2.28. The highest BCUT2D eigenvalue weighted by Gasteiger charge is 2.49. The number of rotatable bonds is 5. The van der Waals surface area contributed by atoms with Crippen molar-refractivity contribution in [3.63, 3.8) is 0 Å². The van der Waals surface area contributed by atoms with Crippen LogP contribution in [0.15, 0.2) is 42.5 Å². The summed E-state index contributed by atoms with van der Waals surface area (Å²) in [6.07, 6.45) is 0. The van der Waals surface area contributed by atoms with Crippen molar-refractivity contribution >= 4 is 29.2 Å². The van der Waals surface area contributed by atoms with E-state index in [-0.39, 0.29) is 16.9 Å². The summed E-state index contributed by atoms with van der Waals surface area (Å²) in [7, 11) is 0. The van der Waals surface area contributed by atoms with E-state index in [2.05, 4.69) is 10.6 Å². The second-order valence-corrected chi connectivity index (χ2v) is 6.46. The molecule has 1 aliphatic rings. The standard InChI is InChI=1S/C18H14F2N4O5/c1-18(10-3-2-4-14(5-10)24(28)29)16(26)23(17(27)22-18)9-15(25)21-13-7-11(19)6-12(20)8-13/h2-8H,9H2,1H3,(H,21,25)(H,22,27). The number of nitro groups is 1. The van der Waals surface area contributed by atoms with Crippen molar-refractivity contribution in [1.82, 2.24) is 10.2 Å². The molecule has 4 amide bonds. The molecule has 1 unspecified atom stereocenters. The minimum atomic E-state index is -1.62. The van der Waals surface area contributed by atoms with E-state index in [9.17, 15) is 33.3 Å². The highest BCUT2D eigenvalue weighted by molar-refractivity contribution is 6.10. The van der Waals surface area contributed by atoms with E-state index in [0.29, 0.717) is 11.0 Å². The van der Waals surface area contributed by atoms with Gasteiger partial charge in [-0.15, -0.1) is 0 Å². The Hall–Kier alpha value is -3.89. The zero-order valence-corrected chi connectivity index (χ0v) is 14.9. The molecule has 0 bridgehead atoms. The van der Waals surface area contributed by atoms with Gasteiger partial charge in [0.2, 0.25) is 5.91 Å². The Labute approximate surface area is 162 Å². The topological polar surface area (TPSA) is 122 Å². The maximum atomic E-state index is 13.2. The highest BCUT2D eigenvalue weighted by atomic mass is 19.1. The number of urea groups is 1. The van der Waals surface area contributed by atoms with Crippen molar-refractivity contribution in [3.05, 3.63) is 69.8 Å². The first-order valence-corrected chi connectivity index (χ1v) is 8.25. The van der Waals surface area contributed by atoms with Crippen LogP contribution in [0.1, 0.15) is 12.5 Å². The number of imide groups is 1. The zero-order chi connectivity index (χ0) is 21.3. The Balaban J connectivity index is 1.79. The molecule has 0 saturated carbocycles. The zero-order valence-electron chi connectivity index (χ0n) is 14.9. The number of anilines is 1. The number of hydrogen-bond donors (Lipinski definition) is 2. The summed E-state index contributed by atoms with van der Waals surface area (Å²) >= 11 is 0. The van der Waals surface area contributed by atoms with Crippen LogP contribution in [0.25, 0.3) is 0 Å². The van der Waals surface area contributed by atoms with Gasteiger partial charge in [-0.05, 0) is 24.6 Å². The number of carbonyl (C=O) groups excluding carboxylic acids is 3. The summed E-state index contributed by atoms with van der Waals surface area (Å²) in [5.74, 6) is -3.48. The van der Waals surface area contributed by atoms with Gasteiger partial charge >= 0.3 is 6.03 Å². The van der Waals surface area contributed by atoms with E-state index < -0.39 is 46.5 Å². The lowest BCUT2D eigenvalue weighted by Gasteiger charge is -2.22. The molecule has 1 atom stereocenters. The smallest absolute Gasteiger partial charge is 0.324 e. The molecule has 3 rings (SSSR count). The van der Waals surface area contributed by atoms with E-state index in [1.54, 1.807) is 0 Å². The van der Waals surface area contributed by atoms with Crippen LogP contribution in [0.2, 0.25) is 0 Å². The lowest BCUT2D eigenvalue weighted by molar-refractivity contribution is -0.385. The Kier molecular flexibility index (Phi) is 4.97. The van der Waals surface area contributed by atoms with Crippen LogP contribution in [0.4, 0.5) is 25.0 Å². The Bertz CT molecular complexity index is 1020. The fraction of sp³-hybridized carbons (Fsp3) is 0.167. The average Bonchev–Trinajstić information content (AvgIpc) is 2.85. The van der Waals surface area contributed by atoms with Crippen molar-refractivity contribution in [2.75, 3.05) is 11.9 Å². The largest absolute Gasteiger partial charge is 0.325 e. The van der Waals surface area contributed by atoms with Crippen LogP contribution in [-0.4, -0.2) is 34.2 Å². The summed E-state index contributed by atoms with van der Waals surface area (Å²) in [6, 6.07) is 6.67. The number of carbonyl (C=O) groups is 3. The molecule has 2 N–H and O–H groups in total. The normalized spacial score (nSPS) is 18.5. The molecule has 2 aromatic rings. The highest BCUT2D eigenvalue weighted by Crippen LogP contribution is 2.30. The quantitative estimate of drug-likeness (QED) is 0.450. The van der Waals surface area contributed by atoms with Crippen LogP contribution in [0.5, 0.6) is 0 Å². The number of halogens is 2. The van der Waals surface area contributed by atoms with Gasteiger partial charge in [0.05, 0.1) is 4.92 Å². The Morgan fingerprint density at radius 1 is 1.21 bits per heavy atom.